The fraction of sp³-hybridized carbons (Fsp3) is 0.833. The zero-order valence-electron chi connectivity index (χ0n) is 13.5. The lowest BCUT2D eigenvalue weighted by Gasteiger charge is -2.47. The molecule has 1 aliphatic heterocycles. The summed E-state index contributed by atoms with van der Waals surface area (Å²) in [5.74, 6) is -0.523. The normalized spacial score (nSPS) is 37.7. The van der Waals surface area contributed by atoms with Crippen LogP contribution in [-0.4, -0.2) is 30.2 Å². The molecule has 0 amide bonds. The van der Waals surface area contributed by atoms with Crippen LogP contribution in [-0.2, 0) is 9.47 Å². The van der Waals surface area contributed by atoms with Gasteiger partial charge in [-0.2, -0.15) is 5.26 Å². The molecule has 1 saturated heterocycles. The summed E-state index contributed by atoms with van der Waals surface area (Å²) in [4.78, 5) is 0. The lowest BCUT2D eigenvalue weighted by atomic mass is 9.60. The van der Waals surface area contributed by atoms with E-state index in [1.807, 2.05) is 6.92 Å². The van der Waals surface area contributed by atoms with Crippen molar-refractivity contribution in [1.29, 1.82) is 5.26 Å². The Morgan fingerprint density at radius 1 is 1.36 bits per heavy atom. The molecule has 0 bridgehead atoms. The topological polar surface area (TPSA) is 62.5 Å². The van der Waals surface area contributed by atoms with Crippen LogP contribution in [0, 0.1) is 28.6 Å². The van der Waals surface area contributed by atoms with Crippen molar-refractivity contribution < 1.29 is 14.6 Å². The van der Waals surface area contributed by atoms with Gasteiger partial charge in [-0.3, -0.25) is 0 Å². The molecule has 22 heavy (non-hydrogen) atoms. The van der Waals surface area contributed by atoms with Gasteiger partial charge in [0, 0.05) is 12.3 Å². The minimum Gasteiger partial charge on any atom is -0.389 e. The summed E-state index contributed by atoms with van der Waals surface area (Å²) in [5.41, 5.74) is 0.849. The highest BCUT2D eigenvalue weighted by Crippen LogP contribution is 2.63. The van der Waals surface area contributed by atoms with E-state index in [2.05, 4.69) is 12.6 Å². The largest absolute Gasteiger partial charge is 0.389 e. The van der Waals surface area contributed by atoms with Gasteiger partial charge in [0.1, 0.15) is 0 Å². The van der Waals surface area contributed by atoms with Crippen molar-refractivity contribution in [1.82, 2.24) is 0 Å². The maximum atomic E-state index is 10.5. The standard InChI is InChI=1S/C18H27NO3/c1-3-13(2)15(20)11-17-6-4-5-14(12-19)16(17)18(8-7-17)21-9-10-22-18/h14-16,20H,2-11H2,1H3. The van der Waals surface area contributed by atoms with Crippen LogP contribution in [0.15, 0.2) is 12.2 Å². The van der Waals surface area contributed by atoms with Gasteiger partial charge >= 0.3 is 0 Å². The minimum atomic E-state index is -0.575. The Hall–Kier alpha value is -0.890. The maximum absolute atomic E-state index is 10.5. The molecule has 0 radical (unpaired) electrons. The van der Waals surface area contributed by atoms with Crippen LogP contribution in [0.1, 0.15) is 51.9 Å². The van der Waals surface area contributed by atoms with Crippen molar-refractivity contribution in [2.24, 2.45) is 17.3 Å². The second-order valence-corrected chi connectivity index (χ2v) is 7.21. The molecule has 4 atom stereocenters. The van der Waals surface area contributed by atoms with E-state index in [0.717, 1.165) is 44.1 Å². The van der Waals surface area contributed by atoms with Gasteiger partial charge in [0.15, 0.2) is 5.79 Å². The van der Waals surface area contributed by atoms with E-state index in [4.69, 9.17) is 9.47 Å². The van der Waals surface area contributed by atoms with Gasteiger partial charge in [0.25, 0.3) is 0 Å². The molecule has 3 fully saturated rings. The van der Waals surface area contributed by atoms with Gasteiger partial charge in [-0.05, 0) is 43.1 Å². The fourth-order valence-corrected chi connectivity index (χ4v) is 5.08. The van der Waals surface area contributed by atoms with Crippen LogP contribution in [0.2, 0.25) is 0 Å². The smallest absolute Gasteiger partial charge is 0.173 e. The summed E-state index contributed by atoms with van der Waals surface area (Å²) in [6, 6.07) is 2.50. The van der Waals surface area contributed by atoms with Crippen molar-refractivity contribution in [2.75, 3.05) is 13.2 Å². The third-order valence-electron chi connectivity index (χ3n) is 6.16. The summed E-state index contributed by atoms with van der Waals surface area (Å²) in [6.45, 7) is 7.27. The van der Waals surface area contributed by atoms with Gasteiger partial charge in [0.05, 0.1) is 31.3 Å². The number of hydrogen-bond donors (Lipinski definition) is 1. The molecule has 1 N–H and O–H groups in total. The predicted octanol–water partition coefficient (Wildman–Crippen LogP) is 3.17. The number of nitrogens with zero attached hydrogens (tertiary/aromatic N) is 1. The molecule has 1 spiro atoms. The number of aliphatic hydroxyl groups is 1. The molecule has 0 aromatic carbocycles. The molecule has 122 valence electrons. The first-order chi connectivity index (χ1) is 10.6. The fourth-order valence-electron chi connectivity index (χ4n) is 5.08. The molecular weight excluding hydrogens is 278 g/mol. The molecule has 0 aromatic rings. The van der Waals surface area contributed by atoms with Gasteiger partial charge in [-0.15, -0.1) is 0 Å². The molecule has 3 rings (SSSR count). The minimum absolute atomic E-state index is 0.0311. The SMILES string of the molecule is C=C(CC)C(O)CC12CCCC(C#N)C1C1(CC2)OCCO1. The number of nitriles is 1. The molecule has 2 aliphatic carbocycles. The summed E-state index contributed by atoms with van der Waals surface area (Å²) >= 11 is 0. The first-order valence-corrected chi connectivity index (χ1v) is 8.60. The van der Waals surface area contributed by atoms with Crippen LogP contribution in [0.4, 0.5) is 0 Å². The maximum Gasteiger partial charge on any atom is 0.173 e. The summed E-state index contributed by atoms with van der Waals surface area (Å²) in [5, 5.41) is 20.2. The van der Waals surface area contributed by atoms with E-state index in [1.165, 1.54) is 0 Å². The highest BCUT2D eigenvalue weighted by Gasteiger charge is 2.64. The predicted molar refractivity (Wildman–Crippen MR) is 82.8 cm³/mol. The van der Waals surface area contributed by atoms with Crippen molar-refractivity contribution in [3.8, 4) is 6.07 Å². The monoisotopic (exact) mass is 305 g/mol. The molecular formula is C18H27NO3. The van der Waals surface area contributed by atoms with Gasteiger partial charge < -0.3 is 14.6 Å². The van der Waals surface area contributed by atoms with Crippen LogP contribution in [0.25, 0.3) is 0 Å². The average Bonchev–Trinajstić information content (AvgIpc) is 3.13. The first-order valence-electron chi connectivity index (χ1n) is 8.60. The molecule has 4 nitrogen and oxygen atoms in total. The number of rotatable bonds is 4. The Morgan fingerprint density at radius 2 is 2.09 bits per heavy atom. The zero-order chi connectivity index (χ0) is 15.8. The molecule has 2 saturated carbocycles. The quantitative estimate of drug-likeness (QED) is 0.810. The van der Waals surface area contributed by atoms with Crippen molar-refractivity contribution >= 4 is 0 Å². The van der Waals surface area contributed by atoms with Crippen molar-refractivity contribution in [3.05, 3.63) is 12.2 Å². The number of aliphatic hydroxyl groups excluding tert-OH is 1. The second kappa shape index (κ2) is 5.96. The molecule has 1 heterocycles. The van der Waals surface area contributed by atoms with E-state index >= 15 is 0 Å². The number of hydrogen-bond acceptors (Lipinski definition) is 4. The van der Waals surface area contributed by atoms with Crippen LogP contribution in [0.5, 0.6) is 0 Å². The Labute approximate surface area is 133 Å². The highest BCUT2D eigenvalue weighted by atomic mass is 16.7. The van der Waals surface area contributed by atoms with E-state index in [-0.39, 0.29) is 17.3 Å². The third-order valence-corrected chi connectivity index (χ3v) is 6.16. The lowest BCUT2D eigenvalue weighted by molar-refractivity contribution is -0.211. The van der Waals surface area contributed by atoms with Gasteiger partial charge in [0.2, 0.25) is 0 Å². The van der Waals surface area contributed by atoms with Crippen LogP contribution >= 0.6 is 0 Å². The van der Waals surface area contributed by atoms with Gasteiger partial charge in [-0.1, -0.05) is 19.9 Å². The van der Waals surface area contributed by atoms with Crippen molar-refractivity contribution in [2.45, 2.75) is 63.8 Å². The van der Waals surface area contributed by atoms with Crippen LogP contribution < -0.4 is 0 Å². The third kappa shape index (κ3) is 2.40. The van der Waals surface area contributed by atoms with E-state index in [0.29, 0.717) is 19.6 Å². The Balaban J connectivity index is 1.90. The Kier molecular flexibility index (Phi) is 4.33. The molecule has 4 heteroatoms. The highest BCUT2D eigenvalue weighted by molar-refractivity contribution is 5.14. The molecule has 3 aliphatic rings. The summed E-state index contributed by atoms with van der Waals surface area (Å²) in [7, 11) is 0. The van der Waals surface area contributed by atoms with E-state index in [1.54, 1.807) is 0 Å². The van der Waals surface area contributed by atoms with E-state index < -0.39 is 11.9 Å². The van der Waals surface area contributed by atoms with Gasteiger partial charge in [-0.25, -0.2) is 0 Å². The Morgan fingerprint density at radius 3 is 2.73 bits per heavy atom. The second-order valence-electron chi connectivity index (χ2n) is 7.21. The van der Waals surface area contributed by atoms with Crippen molar-refractivity contribution in [3.63, 3.8) is 0 Å². The molecule has 4 unspecified atom stereocenters. The summed E-state index contributed by atoms with van der Waals surface area (Å²) < 4.78 is 12.0. The first kappa shape index (κ1) is 16.0. The number of fused-ring (bicyclic) bond motifs is 2. The Bertz CT molecular complexity index is 477. The summed E-state index contributed by atoms with van der Waals surface area (Å²) in [6.07, 6.45) is 5.85. The van der Waals surface area contributed by atoms with E-state index in [9.17, 15) is 10.4 Å². The molecule has 0 aromatic heterocycles. The lowest BCUT2D eigenvalue weighted by Crippen LogP contribution is -2.48. The average molecular weight is 305 g/mol. The zero-order valence-corrected chi connectivity index (χ0v) is 13.5. The number of ether oxygens (including phenoxy) is 2. The van der Waals surface area contributed by atoms with Crippen LogP contribution in [0.3, 0.4) is 0 Å².